The van der Waals surface area contributed by atoms with Gasteiger partial charge in [0, 0.05) is 10.3 Å². The number of anilines is 1. The van der Waals surface area contributed by atoms with Crippen molar-refractivity contribution in [2.75, 3.05) is 17.7 Å². The fraction of sp³-hybridized carbons (Fsp3) is 0.353. The summed E-state index contributed by atoms with van der Waals surface area (Å²) in [6, 6.07) is 6.17. The van der Waals surface area contributed by atoms with Crippen LogP contribution in [0.15, 0.2) is 28.5 Å². The molecule has 0 aliphatic heterocycles. The molecule has 1 aromatic carbocycles. The Morgan fingerprint density at radius 3 is 2.83 bits per heavy atom. The van der Waals surface area contributed by atoms with E-state index in [2.05, 4.69) is 16.4 Å². The molecular formula is C17H20N2O3S2. The monoisotopic (exact) mass is 364 g/mol. The molecule has 1 amide bonds. The van der Waals surface area contributed by atoms with Gasteiger partial charge in [-0.1, -0.05) is 17.7 Å². The molecule has 0 unspecified atom stereocenters. The molecule has 7 heteroatoms. The van der Waals surface area contributed by atoms with E-state index in [0.717, 1.165) is 4.90 Å². The number of thiazole rings is 1. The summed E-state index contributed by atoms with van der Waals surface area (Å²) in [5.74, 6) is -0.112. The lowest BCUT2D eigenvalue weighted by atomic mass is 10.2. The van der Waals surface area contributed by atoms with Gasteiger partial charge in [-0.3, -0.25) is 9.59 Å². The van der Waals surface area contributed by atoms with Crippen molar-refractivity contribution in [1.82, 2.24) is 4.98 Å². The van der Waals surface area contributed by atoms with Crippen LogP contribution in [0.4, 0.5) is 5.13 Å². The van der Waals surface area contributed by atoms with Gasteiger partial charge < -0.3 is 10.1 Å². The number of nitrogens with zero attached hydrogens (tertiary/aromatic N) is 1. The van der Waals surface area contributed by atoms with Gasteiger partial charge in [0.25, 0.3) is 0 Å². The average Bonchev–Trinajstić information content (AvgIpc) is 2.93. The standard InChI is InChI=1S/C17H20N2O3S2/c1-4-22-16(21)8-13-9-24-17(18-13)19-15(20)10-23-14-6-5-11(2)7-12(14)3/h5-7,9H,4,8,10H2,1-3H3,(H,18,19,20). The van der Waals surface area contributed by atoms with E-state index in [9.17, 15) is 9.59 Å². The van der Waals surface area contributed by atoms with Gasteiger partial charge in [0.05, 0.1) is 24.5 Å². The minimum absolute atomic E-state index is 0.114. The van der Waals surface area contributed by atoms with Gasteiger partial charge in [-0.05, 0) is 32.4 Å². The summed E-state index contributed by atoms with van der Waals surface area (Å²) in [5.41, 5.74) is 2.98. The summed E-state index contributed by atoms with van der Waals surface area (Å²) in [4.78, 5) is 28.8. The molecule has 5 nitrogen and oxygen atoms in total. The summed E-state index contributed by atoms with van der Waals surface area (Å²) >= 11 is 2.80. The molecule has 0 saturated carbocycles. The summed E-state index contributed by atoms with van der Waals surface area (Å²) < 4.78 is 4.88. The number of rotatable bonds is 7. The van der Waals surface area contributed by atoms with Gasteiger partial charge in [0.1, 0.15) is 0 Å². The largest absolute Gasteiger partial charge is 0.466 e. The second kappa shape index (κ2) is 8.84. The molecule has 0 fully saturated rings. The molecule has 0 aliphatic carbocycles. The zero-order valence-corrected chi connectivity index (χ0v) is 15.6. The van der Waals surface area contributed by atoms with Crippen LogP contribution in [0.5, 0.6) is 0 Å². The molecule has 128 valence electrons. The van der Waals surface area contributed by atoms with E-state index < -0.39 is 0 Å². The van der Waals surface area contributed by atoms with E-state index in [1.165, 1.54) is 34.2 Å². The second-order valence-electron chi connectivity index (χ2n) is 5.23. The van der Waals surface area contributed by atoms with Crippen LogP contribution in [0, 0.1) is 13.8 Å². The molecule has 0 bridgehead atoms. The summed E-state index contributed by atoms with van der Waals surface area (Å²) in [5, 5.41) is 5.02. The topological polar surface area (TPSA) is 68.3 Å². The van der Waals surface area contributed by atoms with Crippen molar-refractivity contribution in [1.29, 1.82) is 0 Å². The first-order chi connectivity index (χ1) is 11.5. The fourth-order valence-electron chi connectivity index (χ4n) is 2.07. The van der Waals surface area contributed by atoms with Crippen LogP contribution in [0.1, 0.15) is 23.7 Å². The van der Waals surface area contributed by atoms with Crippen molar-refractivity contribution in [2.45, 2.75) is 32.1 Å². The van der Waals surface area contributed by atoms with Crippen LogP contribution in [-0.2, 0) is 20.7 Å². The molecule has 0 saturated heterocycles. The lowest BCUT2D eigenvalue weighted by molar-refractivity contribution is -0.142. The van der Waals surface area contributed by atoms with E-state index in [4.69, 9.17) is 4.74 Å². The first kappa shape index (κ1) is 18.5. The van der Waals surface area contributed by atoms with Crippen molar-refractivity contribution in [3.8, 4) is 0 Å². The number of nitrogens with one attached hydrogen (secondary N) is 1. The predicted molar refractivity (Wildman–Crippen MR) is 97.7 cm³/mol. The van der Waals surface area contributed by atoms with Crippen LogP contribution >= 0.6 is 23.1 Å². The number of hydrogen-bond donors (Lipinski definition) is 1. The highest BCUT2D eigenvalue weighted by Gasteiger charge is 2.11. The first-order valence-electron chi connectivity index (χ1n) is 7.58. The number of benzene rings is 1. The molecular weight excluding hydrogens is 344 g/mol. The molecule has 0 radical (unpaired) electrons. The average molecular weight is 364 g/mol. The number of aryl methyl sites for hydroxylation is 2. The number of carbonyl (C=O) groups excluding carboxylic acids is 2. The molecule has 24 heavy (non-hydrogen) atoms. The molecule has 0 aliphatic rings. The van der Waals surface area contributed by atoms with Crippen LogP contribution in [0.3, 0.4) is 0 Å². The maximum atomic E-state index is 12.0. The number of amides is 1. The number of esters is 1. The highest BCUT2D eigenvalue weighted by atomic mass is 32.2. The van der Waals surface area contributed by atoms with Crippen molar-refractivity contribution < 1.29 is 14.3 Å². The number of ether oxygens (including phenoxy) is 1. The predicted octanol–water partition coefficient (Wildman–Crippen LogP) is 3.60. The van der Waals surface area contributed by atoms with Crippen LogP contribution in [-0.4, -0.2) is 29.2 Å². The quantitative estimate of drug-likeness (QED) is 0.600. The van der Waals surface area contributed by atoms with Gasteiger partial charge in [-0.2, -0.15) is 0 Å². The summed E-state index contributed by atoms with van der Waals surface area (Å²) in [6.07, 6.45) is 0.123. The van der Waals surface area contributed by atoms with Gasteiger partial charge in [0.2, 0.25) is 5.91 Å². The Labute approximate surface area is 149 Å². The molecule has 0 atom stereocenters. The Morgan fingerprint density at radius 1 is 1.33 bits per heavy atom. The molecule has 1 heterocycles. The normalized spacial score (nSPS) is 10.5. The number of aromatic nitrogens is 1. The van der Waals surface area contributed by atoms with Crippen molar-refractivity contribution >= 4 is 40.1 Å². The maximum absolute atomic E-state index is 12.0. The highest BCUT2D eigenvalue weighted by molar-refractivity contribution is 8.00. The van der Waals surface area contributed by atoms with Gasteiger partial charge in [0.15, 0.2) is 5.13 Å². The van der Waals surface area contributed by atoms with Crippen LogP contribution < -0.4 is 5.32 Å². The van der Waals surface area contributed by atoms with Crippen molar-refractivity contribution in [2.24, 2.45) is 0 Å². The minimum Gasteiger partial charge on any atom is -0.466 e. The van der Waals surface area contributed by atoms with Gasteiger partial charge in [-0.15, -0.1) is 23.1 Å². The third-order valence-corrected chi connectivity index (χ3v) is 5.10. The maximum Gasteiger partial charge on any atom is 0.311 e. The van der Waals surface area contributed by atoms with Crippen molar-refractivity contribution in [3.05, 3.63) is 40.4 Å². The molecule has 2 rings (SSSR count). The number of hydrogen-bond acceptors (Lipinski definition) is 6. The SMILES string of the molecule is CCOC(=O)Cc1csc(NC(=O)CSc2ccc(C)cc2C)n1. The molecule has 0 spiro atoms. The Bertz CT molecular complexity index is 728. The first-order valence-corrected chi connectivity index (χ1v) is 9.44. The van der Waals surface area contributed by atoms with Gasteiger partial charge >= 0.3 is 5.97 Å². The Morgan fingerprint density at radius 2 is 2.12 bits per heavy atom. The van der Waals surface area contributed by atoms with E-state index in [1.807, 2.05) is 26.0 Å². The molecule has 2 aromatic rings. The van der Waals surface area contributed by atoms with Crippen LogP contribution in [0.2, 0.25) is 0 Å². The Kier molecular flexibility index (Phi) is 6.81. The lowest BCUT2D eigenvalue weighted by Crippen LogP contribution is -2.14. The summed E-state index contributed by atoms with van der Waals surface area (Å²) in [7, 11) is 0. The third-order valence-electron chi connectivity index (χ3n) is 3.12. The minimum atomic E-state index is -0.314. The number of carbonyl (C=O) groups is 2. The highest BCUT2D eigenvalue weighted by Crippen LogP contribution is 2.24. The molecule has 1 N–H and O–H groups in total. The van der Waals surface area contributed by atoms with E-state index >= 15 is 0 Å². The lowest BCUT2D eigenvalue weighted by Gasteiger charge is -2.06. The number of thioether (sulfide) groups is 1. The Hall–Kier alpha value is -1.86. The van der Waals surface area contributed by atoms with Crippen molar-refractivity contribution in [3.63, 3.8) is 0 Å². The second-order valence-corrected chi connectivity index (χ2v) is 7.11. The smallest absolute Gasteiger partial charge is 0.311 e. The van der Waals surface area contributed by atoms with E-state index in [1.54, 1.807) is 12.3 Å². The van der Waals surface area contributed by atoms with E-state index in [0.29, 0.717) is 23.2 Å². The molecule has 1 aromatic heterocycles. The van der Waals surface area contributed by atoms with Crippen LogP contribution in [0.25, 0.3) is 0 Å². The zero-order valence-electron chi connectivity index (χ0n) is 13.9. The zero-order chi connectivity index (χ0) is 17.5. The summed E-state index contributed by atoms with van der Waals surface area (Å²) in [6.45, 7) is 6.19. The fourth-order valence-corrected chi connectivity index (χ4v) is 3.60. The Balaban J connectivity index is 1.84. The van der Waals surface area contributed by atoms with Gasteiger partial charge in [-0.25, -0.2) is 4.98 Å². The van der Waals surface area contributed by atoms with E-state index in [-0.39, 0.29) is 18.3 Å². The third kappa shape index (κ3) is 5.65.